The van der Waals surface area contributed by atoms with Crippen molar-refractivity contribution in [3.05, 3.63) is 35.9 Å². The van der Waals surface area contributed by atoms with Crippen molar-refractivity contribution in [2.24, 2.45) is 11.7 Å². The van der Waals surface area contributed by atoms with Gasteiger partial charge in [-0.3, -0.25) is 24.1 Å². The number of benzene rings is 1. The van der Waals surface area contributed by atoms with Crippen molar-refractivity contribution in [2.75, 3.05) is 66.4 Å². The van der Waals surface area contributed by atoms with Gasteiger partial charge in [-0.2, -0.15) is 0 Å². The highest BCUT2D eigenvalue weighted by molar-refractivity contribution is 5.96. The summed E-state index contributed by atoms with van der Waals surface area (Å²) in [5.41, 5.74) is 5.17. The predicted octanol–water partition coefficient (Wildman–Crippen LogP) is 0.861. The highest BCUT2D eigenvalue weighted by Crippen LogP contribution is 2.34. The molecule has 53 heavy (non-hydrogen) atoms. The fourth-order valence-electron chi connectivity index (χ4n) is 6.57. The van der Waals surface area contributed by atoms with E-state index in [-0.39, 0.29) is 32.2 Å². The lowest BCUT2D eigenvalue weighted by Crippen LogP contribution is -2.59. The molecule has 6 N–H and O–H groups in total. The third-order valence-corrected chi connectivity index (χ3v) is 9.27. The van der Waals surface area contributed by atoms with Crippen LogP contribution in [0.1, 0.15) is 71.4 Å². The van der Waals surface area contributed by atoms with Crippen LogP contribution in [-0.2, 0) is 38.1 Å². The van der Waals surface area contributed by atoms with E-state index in [9.17, 15) is 29.1 Å². The lowest BCUT2D eigenvalue weighted by molar-refractivity contribution is -0.145. The van der Waals surface area contributed by atoms with Crippen molar-refractivity contribution in [2.45, 2.75) is 95.6 Å². The molecule has 1 aromatic carbocycles. The number of aliphatic hydroxyl groups excluding tert-OH is 1. The lowest BCUT2D eigenvalue weighted by Gasteiger charge is -2.34. The minimum atomic E-state index is -1.13. The fraction of sp³-hybridized carbons (Fsp3) is 0.703. The summed E-state index contributed by atoms with van der Waals surface area (Å²) in [6.07, 6.45) is 1.44. The SMILES string of the molecule is CC[C@@H](C(=O)N[C@@H]1C(=O)N2[C@@H](CC[C@@H]1CO)CC[C@H]2C(=O)N[C@H](C(=O)NCCOCCOCCOCCN)c1ccccc1)N(C)C(=O)OC(C)(C)C. The number of hydrogen-bond acceptors (Lipinski definition) is 11. The van der Waals surface area contributed by atoms with Crippen LogP contribution in [0.5, 0.6) is 0 Å². The van der Waals surface area contributed by atoms with Gasteiger partial charge >= 0.3 is 6.09 Å². The molecule has 6 atom stereocenters. The van der Waals surface area contributed by atoms with E-state index < -0.39 is 65.4 Å². The van der Waals surface area contributed by atoms with E-state index in [2.05, 4.69) is 16.0 Å². The number of hydrogen-bond donors (Lipinski definition) is 5. The summed E-state index contributed by atoms with van der Waals surface area (Å²) in [4.78, 5) is 70.8. The van der Waals surface area contributed by atoms with Crippen LogP contribution in [0, 0.1) is 5.92 Å². The quantitative estimate of drug-likeness (QED) is 0.118. The molecule has 2 aliphatic heterocycles. The van der Waals surface area contributed by atoms with Gasteiger partial charge in [0.2, 0.25) is 23.6 Å². The summed E-state index contributed by atoms with van der Waals surface area (Å²) < 4.78 is 21.7. The van der Waals surface area contributed by atoms with E-state index >= 15 is 0 Å². The molecule has 298 valence electrons. The topological polar surface area (TPSA) is 211 Å². The third-order valence-electron chi connectivity index (χ3n) is 9.27. The van der Waals surface area contributed by atoms with Gasteiger partial charge in [-0.25, -0.2) is 4.79 Å². The largest absolute Gasteiger partial charge is 0.444 e. The Hall–Kier alpha value is -3.83. The summed E-state index contributed by atoms with van der Waals surface area (Å²) in [6.45, 7) is 9.48. The summed E-state index contributed by atoms with van der Waals surface area (Å²) in [5, 5.41) is 18.8. The van der Waals surface area contributed by atoms with E-state index in [1.807, 2.05) is 0 Å². The normalized spacial score (nSPS) is 21.2. The average molecular weight is 749 g/mol. The maximum absolute atomic E-state index is 14.3. The molecule has 0 aliphatic carbocycles. The molecule has 0 saturated carbocycles. The second-order valence-electron chi connectivity index (χ2n) is 14.3. The number of ether oxygens (including phenoxy) is 4. The standard InChI is InChI=1S/C37H60N6O10/c1-6-28(42(5)36(49)53-37(2,3)4)32(45)41-31-26(24-44)12-13-27-14-15-29(43(27)35(31)48)33(46)40-30(25-10-8-7-9-11-25)34(47)39-17-19-51-21-23-52-22-20-50-18-16-38/h7-11,26-31,44H,6,12-24,38H2,1-5H3,(H,39,47)(H,40,46)(H,41,45)/t26-,27+,28+,29+,30+,31+/m1/s1. The fourth-order valence-corrected chi connectivity index (χ4v) is 6.57. The summed E-state index contributed by atoms with van der Waals surface area (Å²) in [5.74, 6) is -2.60. The first-order chi connectivity index (χ1) is 25.3. The Morgan fingerprint density at radius 3 is 2.17 bits per heavy atom. The molecule has 2 aliphatic rings. The summed E-state index contributed by atoms with van der Waals surface area (Å²) in [7, 11) is 1.46. The highest BCUT2D eigenvalue weighted by atomic mass is 16.6. The zero-order valence-electron chi connectivity index (χ0n) is 31.8. The van der Waals surface area contributed by atoms with Crippen LogP contribution in [0.3, 0.4) is 0 Å². The highest BCUT2D eigenvalue weighted by Gasteiger charge is 2.48. The third kappa shape index (κ3) is 13.2. The Bertz CT molecular complexity index is 1330. The maximum atomic E-state index is 14.3. The van der Waals surface area contributed by atoms with Crippen molar-refractivity contribution < 1.29 is 48.0 Å². The number of amides is 5. The number of likely N-dealkylation sites (N-methyl/N-ethyl adjacent to an activating group) is 1. The first kappa shape index (κ1) is 43.6. The predicted molar refractivity (Wildman–Crippen MR) is 195 cm³/mol. The summed E-state index contributed by atoms with van der Waals surface area (Å²) in [6, 6.07) is 4.50. The van der Waals surface area contributed by atoms with Gasteiger partial charge in [0.05, 0.1) is 39.6 Å². The van der Waals surface area contributed by atoms with Crippen LogP contribution in [-0.4, -0.2) is 141 Å². The van der Waals surface area contributed by atoms with Crippen molar-refractivity contribution in [1.29, 1.82) is 0 Å². The minimum absolute atomic E-state index is 0.194. The van der Waals surface area contributed by atoms with Crippen LogP contribution >= 0.6 is 0 Å². The van der Waals surface area contributed by atoms with Crippen LogP contribution in [0.25, 0.3) is 0 Å². The Balaban J connectivity index is 1.67. The second-order valence-corrected chi connectivity index (χ2v) is 14.3. The summed E-state index contributed by atoms with van der Waals surface area (Å²) >= 11 is 0. The Kier molecular flexibility index (Phi) is 17.9. The molecule has 16 nitrogen and oxygen atoms in total. The van der Waals surface area contributed by atoms with Gasteiger partial charge in [-0.1, -0.05) is 37.3 Å². The van der Waals surface area contributed by atoms with E-state index in [4.69, 9.17) is 24.7 Å². The van der Waals surface area contributed by atoms with Gasteiger partial charge < -0.3 is 50.6 Å². The average Bonchev–Trinajstić information content (AvgIpc) is 3.51. The zero-order valence-corrected chi connectivity index (χ0v) is 31.8. The zero-order chi connectivity index (χ0) is 39.0. The minimum Gasteiger partial charge on any atom is -0.444 e. The van der Waals surface area contributed by atoms with Gasteiger partial charge in [0.15, 0.2) is 0 Å². The van der Waals surface area contributed by atoms with E-state index in [1.165, 1.54) is 16.8 Å². The Labute approximate surface area is 312 Å². The molecule has 1 aromatic rings. The number of rotatable bonds is 20. The molecule has 16 heteroatoms. The number of nitrogens with one attached hydrogen (secondary N) is 3. The number of carbonyl (C=O) groups excluding carboxylic acids is 5. The van der Waals surface area contributed by atoms with Gasteiger partial charge in [-0.05, 0) is 58.4 Å². The Morgan fingerprint density at radius 1 is 0.943 bits per heavy atom. The van der Waals surface area contributed by atoms with Crippen molar-refractivity contribution >= 4 is 29.7 Å². The van der Waals surface area contributed by atoms with Crippen LogP contribution < -0.4 is 21.7 Å². The molecule has 0 unspecified atom stereocenters. The van der Waals surface area contributed by atoms with Gasteiger partial charge in [0.25, 0.3) is 0 Å². The molecular formula is C37H60N6O10. The second kappa shape index (κ2) is 21.8. The number of carbonyl (C=O) groups is 5. The molecule has 2 fully saturated rings. The van der Waals surface area contributed by atoms with Crippen LogP contribution in [0.4, 0.5) is 4.79 Å². The lowest BCUT2D eigenvalue weighted by atomic mass is 9.93. The molecule has 0 bridgehead atoms. The van der Waals surface area contributed by atoms with E-state index in [1.54, 1.807) is 58.0 Å². The first-order valence-electron chi connectivity index (χ1n) is 18.6. The smallest absolute Gasteiger partial charge is 0.410 e. The number of nitrogens with zero attached hydrogens (tertiary/aromatic N) is 2. The Morgan fingerprint density at radius 2 is 1.57 bits per heavy atom. The number of fused-ring (bicyclic) bond motifs is 1. The van der Waals surface area contributed by atoms with Gasteiger partial charge in [0.1, 0.15) is 29.8 Å². The maximum Gasteiger partial charge on any atom is 0.410 e. The van der Waals surface area contributed by atoms with Crippen molar-refractivity contribution in [3.63, 3.8) is 0 Å². The monoisotopic (exact) mass is 748 g/mol. The van der Waals surface area contributed by atoms with Crippen molar-refractivity contribution in [1.82, 2.24) is 25.8 Å². The molecule has 0 spiro atoms. The van der Waals surface area contributed by atoms with Crippen molar-refractivity contribution in [3.8, 4) is 0 Å². The van der Waals surface area contributed by atoms with E-state index in [0.29, 0.717) is 70.8 Å². The van der Waals surface area contributed by atoms with Crippen LogP contribution in [0.2, 0.25) is 0 Å². The van der Waals surface area contributed by atoms with Gasteiger partial charge in [-0.15, -0.1) is 0 Å². The molecule has 3 rings (SSSR count). The van der Waals surface area contributed by atoms with E-state index in [0.717, 1.165) is 0 Å². The van der Waals surface area contributed by atoms with Crippen LogP contribution in [0.15, 0.2) is 30.3 Å². The molecule has 2 saturated heterocycles. The number of aliphatic hydroxyl groups is 1. The molecular weight excluding hydrogens is 688 g/mol. The molecule has 5 amide bonds. The molecule has 2 heterocycles. The molecule has 0 radical (unpaired) electrons. The first-order valence-corrected chi connectivity index (χ1v) is 18.6. The molecule has 0 aromatic heterocycles. The number of nitrogens with two attached hydrogens (primary N) is 1. The van der Waals surface area contributed by atoms with Gasteiger partial charge in [0, 0.05) is 38.7 Å².